The van der Waals surface area contributed by atoms with Gasteiger partial charge in [0.25, 0.3) is 0 Å². The predicted octanol–water partition coefficient (Wildman–Crippen LogP) is 2.91. The van der Waals surface area contributed by atoms with Crippen molar-refractivity contribution < 1.29 is 9.47 Å². The van der Waals surface area contributed by atoms with Gasteiger partial charge in [0.05, 0.1) is 6.10 Å². The molecule has 3 heteroatoms. The van der Waals surface area contributed by atoms with Crippen molar-refractivity contribution >= 4 is 0 Å². The van der Waals surface area contributed by atoms with E-state index in [9.17, 15) is 0 Å². The Hall–Kier alpha value is -1.32. The van der Waals surface area contributed by atoms with Gasteiger partial charge < -0.3 is 14.8 Å². The molecule has 1 aromatic carbocycles. The number of nitrogens with one attached hydrogen (secondary N) is 1. The summed E-state index contributed by atoms with van der Waals surface area (Å²) in [7, 11) is 0. The maximum absolute atomic E-state index is 5.67. The van der Waals surface area contributed by atoms with Crippen LogP contribution >= 0.6 is 0 Å². The number of para-hydroxylation sites is 1. The van der Waals surface area contributed by atoms with Gasteiger partial charge in [0.1, 0.15) is 12.4 Å². The van der Waals surface area contributed by atoms with E-state index in [1.54, 1.807) is 6.08 Å². The average Bonchev–Trinajstić information content (AvgIpc) is 2.75. The van der Waals surface area contributed by atoms with Gasteiger partial charge in [0.2, 0.25) is 0 Å². The molecule has 1 N–H and O–H groups in total. The summed E-state index contributed by atoms with van der Waals surface area (Å²) in [5, 5.41) is 3.61. The molecule has 1 fully saturated rings. The fraction of sp³-hybridized carbons (Fsp3) is 0.500. The molecule has 1 aliphatic heterocycles. The van der Waals surface area contributed by atoms with E-state index in [1.165, 1.54) is 5.56 Å². The largest absolute Gasteiger partial charge is 0.489 e. The second-order valence-electron chi connectivity index (χ2n) is 5.24. The maximum Gasteiger partial charge on any atom is 0.124 e. The van der Waals surface area contributed by atoms with Gasteiger partial charge >= 0.3 is 0 Å². The van der Waals surface area contributed by atoms with Crippen molar-refractivity contribution in [3.8, 4) is 5.75 Å². The molecule has 0 radical (unpaired) electrons. The highest BCUT2D eigenvalue weighted by Crippen LogP contribution is 2.26. The van der Waals surface area contributed by atoms with Crippen LogP contribution in [0.5, 0.6) is 5.75 Å². The van der Waals surface area contributed by atoms with E-state index in [0.29, 0.717) is 6.61 Å². The van der Waals surface area contributed by atoms with Crippen molar-refractivity contribution in [2.45, 2.75) is 38.5 Å². The molecule has 0 bridgehead atoms. The summed E-state index contributed by atoms with van der Waals surface area (Å²) >= 11 is 0. The van der Waals surface area contributed by atoms with Crippen LogP contribution in [0.25, 0.3) is 0 Å². The predicted molar refractivity (Wildman–Crippen MR) is 77.4 cm³/mol. The van der Waals surface area contributed by atoms with Crippen molar-refractivity contribution in [2.24, 2.45) is 0 Å². The highest BCUT2D eigenvalue weighted by molar-refractivity contribution is 5.33. The zero-order chi connectivity index (χ0) is 13.7. The summed E-state index contributed by atoms with van der Waals surface area (Å²) in [5.41, 5.74) is 1.22. The molecule has 1 saturated heterocycles. The van der Waals surface area contributed by atoms with E-state index >= 15 is 0 Å². The Kier molecular flexibility index (Phi) is 4.61. The first-order valence-electron chi connectivity index (χ1n) is 6.84. The standard InChI is InChI=1S/C16H23NO2/c1-4-10-19-15-8-6-5-7-14(15)12-17-16(3)9-11-18-13(16)2/h4-8,13,17H,1,9-12H2,2-3H3. The second-order valence-corrected chi connectivity index (χ2v) is 5.24. The number of rotatable bonds is 6. The van der Waals surface area contributed by atoms with E-state index < -0.39 is 0 Å². The number of hydrogen-bond acceptors (Lipinski definition) is 3. The van der Waals surface area contributed by atoms with E-state index in [2.05, 4.69) is 31.8 Å². The third-order valence-corrected chi connectivity index (χ3v) is 3.90. The molecule has 0 spiro atoms. The van der Waals surface area contributed by atoms with Gasteiger partial charge in [-0.05, 0) is 26.3 Å². The van der Waals surface area contributed by atoms with Gasteiger partial charge in [0.15, 0.2) is 0 Å². The van der Waals surface area contributed by atoms with Crippen LogP contribution in [0.2, 0.25) is 0 Å². The third kappa shape index (κ3) is 3.37. The Morgan fingerprint density at radius 2 is 2.32 bits per heavy atom. The Balaban J connectivity index is 2.00. The van der Waals surface area contributed by atoms with E-state index in [-0.39, 0.29) is 11.6 Å². The van der Waals surface area contributed by atoms with E-state index in [4.69, 9.17) is 9.47 Å². The third-order valence-electron chi connectivity index (χ3n) is 3.90. The second kappa shape index (κ2) is 6.22. The van der Waals surface area contributed by atoms with Crippen molar-refractivity contribution in [3.63, 3.8) is 0 Å². The Morgan fingerprint density at radius 3 is 3.00 bits per heavy atom. The Bertz CT molecular complexity index is 433. The Labute approximate surface area is 115 Å². The van der Waals surface area contributed by atoms with Gasteiger partial charge in [-0.3, -0.25) is 0 Å². The molecule has 2 unspecified atom stereocenters. The molecule has 1 heterocycles. The van der Waals surface area contributed by atoms with Gasteiger partial charge in [-0.2, -0.15) is 0 Å². The molecule has 19 heavy (non-hydrogen) atoms. The summed E-state index contributed by atoms with van der Waals surface area (Å²) in [5.74, 6) is 0.921. The summed E-state index contributed by atoms with van der Waals surface area (Å²) in [4.78, 5) is 0. The summed E-state index contributed by atoms with van der Waals surface area (Å²) in [6, 6.07) is 8.12. The minimum atomic E-state index is 0.0472. The molecule has 0 saturated carbocycles. The quantitative estimate of drug-likeness (QED) is 0.799. The van der Waals surface area contributed by atoms with E-state index in [1.807, 2.05) is 18.2 Å². The van der Waals surface area contributed by atoms with Crippen LogP contribution in [0.15, 0.2) is 36.9 Å². The lowest BCUT2D eigenvalue weighted by Gasteiger charge is -2.29. The van der Waals surface area contributed by atoms with Crippen LogP contribution in [-0.4, -0.2) is 24.9 Å². The smallest absolute Gasteiger partial charge is 0.124 e. The molecule has 0 aliphatic carbocycles. The van der Waals surface area contributed by atoms with Crippen LogP contribution in [-0.2, 0) is 11.3 Å². The molecule has 2 atom stereocenters. The highest BCUT2D eigenvalue weighted by Gasteiger charge is 2.36. The monoisotopic (exact) mass is 261 g/mol. The minimum Gasteiger partial charge on any atom is -0.489 e. The molecular formula is C16H23NO2. The van der Waals surface area contributed by atoms with Gasteiger partial charge in [-0.1, -0.05) is 30.9 Å². The van der Waals surface area contributed by atoms with Gasteiger partial charge in [0, 0.05) is 24.3 Å². The molecule has 3 nitrogen and oxygen atoms in total. The minimum absolute atomic E-state index is 0.0472. The first-order chi connectivity index (χ1) is 9.15. The number of ether oxygens (including phenoxy) is 2. The molecular weight excluding hydrogens is 238 g/mol. The fourth-order valence-corrected chi connectivity index (χ4v) is 2.30. The van der Waals surface area contributed by atoms with E-state index in [0.717, 1.165) is 25.3 Å². The first kappa shape index (κ1) is 14.1. The maximum atomic E-state index is 5.67. The zero-order valence-corrected chi connectivity index (χ0v) is 11.8. The van der Waals surface area contributed by atoms with Crippen LogP contribution in [0.4, 0.5) is 0 Å². The average molecular weight is 261 g/mol. The highest BCUT2D eigenvalue weighted by atomic mass is 16.5. The summed E-state index contributed by atoms with van der Waals surface area (Å²) < 4.78 is 11.3. The SMILES string of the molecule is C=CCOc1ccccc1CNC1(C)CCOC1C. The van der Waals surface area contributed by atoms with Crippen LogP contribution in [0.3, 0.4) is 0 Å². The van der Waals surface area contributed by atoms with Crippen LogP contribution in [0, 0.1) is 0 Å². The van der Waals surface area contributed by atoms with Crippen LogP contribution in [0.1, 0.15) is 25.8 Å². The van der Waals surface area contributed by atoms with Gasteiger partial charge in [-0.15, -0.1) is 0 Å². The Morgan fingerprint density at radius 1 is 1.53 bits per heavy atom. The van der Waals surface area contributed by atoms with Crippen molar-refractivity contribution in [1.82, 2.24) is 5.32 Å². The summed E-state index contributed by atoms with van der Waals surface area (Å²) in [6.07, 6.45) is 3.05. The van der Waals surface area contributed by atoms with Crippen molar-refractivity contribution in [1.29, 1.82) is 0 Å². The molecule has 1 aromatic rings. The molecule has 2 rings (SSSR count). The normalized spacial score (nSPS) is 26.3. The van der Waals surface area contributed by atoms with Crippen molar-refractivity contribution in [2.75, 3.05) is 13.2 Å². The lowest BCUT2D eigenvalue weighted by molar-refractivity contribution is 0.0880. The zero-order valence-electron chi connectivity index (χ0n) is 11.8. The lowest BCUT2D eigenvalue weighted by Crippen LogP contribution is -2.47. The number of benzene rings is 1. The molecule has 104 valence electrons. The molecule has 0 aromatic heterocycles. The fourth-order valence-electron chi connectivity index (χ4n) is 2.30. The first-order valence-corrected chi connectivity index (χ1v) is 6.84. The lowest BCUT2D eigenvalue weighted by atomic mass is 9.94. The van der Waals surface area contributed by atoms with Gasteiger partial charge in [-0.25, -0.2) is 0 Å². The topological polar surface area (TPSA) is 30.5 Å². The molecule has 1 aliphatic rings. The number of hydrogen-bond donors (Lipinski definition) is 1. The van der Waals surface area contributed by atoms with Crippen LogP contribution < -0.4 is 10.1 Å². The summed E-state index contributed by atoms with van der Waals surface area (Å²) in [6.45, 7) is 10.2. The molecule has 0 amide bonds. The van der Waals surface area contributed by atoms with Crippen molar-refractivity contribution in [3.05, 3.63) is 42.5 Å².